The Balaban J connectivity index is 2.22. The monoisotopic (exact) mass is 212 g/mol. The Labute approximate surface area is 91.2 Å². The van der Waals surface area contributed by atoms with Crippen LogP contribution in [0.15, 0.2) is 47.4 Å². The number of rotatable bonds is 1. The second kappa shape index (κ2) is 3.44. The summed E-state index contributed by atoms with van der Waals surface area (Å²) in [4.78, 5) is 8.64. The van der Waals surface area contributed by atoms with E-state index in [0.29, 0.717) is 0 Å². The van der Waals surface area contributed by atoms with Gasteiger partial charge in [-0.25, -0.2) is 4.98 Å². The number of aromatic nitrogens is 2. The van der Waals surface area contributed by atoms with E-state index in [9.17, 15) is 0 Å². The van der Waals surface area contributed by atoms with Crippen molar-refractivity contribution in [3.63, 3.8) is 0 Å². The minimum absolute atomic E-state index is 0.946. The molecule has 0 aliphatic heterocycles. The number of pyridine rings is 2. The maximum absolute atomic E-state index is 4.56. The topological polar surface area (TPSA) is 25.8 Å². The molecule has 3 heterocycles. The quantitative estimate of drug-likeness (QED) is 0.618. The van der Waals surface area contributed by atoms with Gasteiger partial charge in [0.2, 0.25) is 0 Å². The molecule has 3 rings (SSSR count). The molecule has 0 fully saturated rings. The highest BCUT2D eigenvalue weighted by Crippen LogP contribution is 2.22. The van der Waals surface area contributed by atoms with Crippen LogP contribution in [0.2, 0.25) is 0 Å². The maximum Gasteiger partial charge on any atom is 0.0892 e. The van der Waals surface area contributed by atoms with E-state index in [0.717, 1.165) is 16.6 Å². The first-order valence-corrected chi connectivity index (χ1v) is 5.61. The number of hydrogen-bond acceptors (Lipinski definition) is 3. The molecule has 0 radical (unpaired) electrons. The summed E-state index contributed by atoms with van der Waals surface area (Å²) in [5.74, 6) is 0. The van der Waals surface area contributed by atoms with Gasteiger partial charge in [0.25, 0.3) is 0 Å². The fraction of sp³-hybridized carbons (Fsp3) is 0. The van der Waals surface area contributed by atoms with E-state index in [2.05, 4.69) is 32.9 Å². The smallest absolute Gasteiger partial charge is 0.0892 e. The summed E-state index contributed by atoms with van der Waals surface area (Å²) >= 11 is 1.68. The molecule has 15 heavy (non-hydrogen) atoms. The molecular weight excluding hydrogens is 204 g/mol. The Kier molecular flexibility index (Phi) is 1.96. The molecule has 3 aromatic heterocycles. The maximum atomic E-state index is 4.56. The molecule has 2 nitrogen and oxygen atoms in total. The number of nitrogens with zero attached hydrogens (tertiary/aromatic N) is 2. The zero-order chi connectivity index (χ0) is 10.1. The molecule has 0 bridgehead atoms. The van der Waals surface area contributed by atoms with Crippen LogP contribution in [-0.2, 0) is 0 Å². The van der Waals surface area contributed by atoms with E-state index < -0.39 is 0 Å². The van der Waals surface area contributed by atoms with Gasteiger partial charge in [-0.1, -0.05) is 6.07 Å². The minimum atomic E-state index is 0.946. The molecule has 0 saturated carbocycles. The highest BCUT2D eigenvalue weighted by atomic mass is 32.1. The third kappa shape index (κ3) is 1.51. The second-order valence-corrected chi connectivity index (χ2v) is 4.06. The third-order valence-corrected chi connectivity index (χ3v) is 2.99. The Hall–Kier alpha value is -1.74. The molecule has 0 spiro atoms. The molecule has 0 N–H and O–H groups in total. The molecule has 3 heteroatoms. The van der Waals surface area contributed by atoms with Crippen molar-refractivity contribution in [3.8, 4) is 11.3 Å². The van der Waals surface area contributed by atoms with E-state index in [1.807, 2.05) is 12.1 Å². The van der Waals surface area contributed by atoms with Crippen LogP contribution >= 0.6 is 11.3 Å². The standard InChI is InChI=1S/C12H8N2S/c1-2-11(10-4-6-15-8-10)14-12-7-13-5-3-9(1)12/h1-8H. The summed E-state index contributed by atoms with van der Waals surface area (Å²) < 4.78 is 0. The first-order chi connectivity index (χ1) is 7.43. The molecule has 0 atom stereocenters. The van der Waals surface area contributed by atoms with Gasteiger partial charge in [-0.05, 0) is 23.6 Å². The predicted molar refractivity (Wildman–Crippen MR) is 62.9 cm³/mol. The van der Waals surface area contributed by atoms with Crippen LogP contribution in [0.4, 0.5) is 0 Å². The third-order valence-electron chi connectivity index (χ3n) is 2.31. The molecule has 0 saturated heterocycles. The first-order valence-electron chi connectivity index (χ1n) is 4.67. The normalized spacial score (nSPS) is 10.7. The van der Waals surface area contributed by atoms with Crippen molar-refractivity contribution in [1.29, 1.82) is 0 Å². The van der Waals surface area contributed by atoms with Gasteiger partial charge in [0.15, 0.2) is 0 Å². The van der Waals surface area contributed by atoms with Crippen LogP contribution in [0, 0.1) is 0 Å². The number of fused-ring (bicyclic) bond motifs is 1. The molecule has 0 unspecified atom stereocenters. The lowest BCUT2D eigenvalue weighted by Gasteiger charge is -1.99. The zero-order valence-electron chi connectivity index (χ0n) is 7.92. The highest BCUT2D eigenvalue weighted by molar-refractivity contribution is 7.08. The van der Waals surface area contributed by atoms with Gasteiger partial charge in [-0.15, -0.1) is 0 Å². The summed E-state index contributed by atoms with van der Waals surface area (Å²) in [6.07, 6.45) is 3.58. The van der Waals surface area contributed by atoms with Crippen LogP contribution < -0.4 is 0 Å². The molecule has 3 aromatic rings. The Morgan fingerprint density at radius 1 is 1.07 bits per heavy atom. The molecule has 72 valence electrons. The zero-order valence-corrected chi connectivity index (χ0v) is 8.74. The predicted octanol–water partition coefficient (Wildman–Crippen LogP) is 3.36. The highest BCUT2D eigenvalue weighted by Gasteiger charge is 2.00. The van der Waals surface area contributed by atoms with Crippen molar-refractivity contribution in [2.45, 2.75) is 0 Å². The fourth-order valence-corrected chi connectivity index (χ4v) is 2.19. The summed E-state index contributed by atoms with van der Waals surface area (Å²) in [6.45, 7) is 0. The number of thiophene rings is 1. The van der Waals surface area contributed by atoms with Crippen molar-refractivity contribution in [2.24, 2.45) is 0 Å². The van der Waals surface area contributed by atoms with Crippen molar-refractivity contribution < 1.29 is 0 Å². The van der Waals surface area contributed by atoms with E-state index in [1.54, 1.807) is 23.7 Å². The lowest BCUT2D eigenvalue weighted by molar-refractivity contribution is 1.31. The average molecular weight is 212 g/mol. The van der Waals surface area contributed by atoms with E-state index in [4.69, 9.17) is 0 Å². The SMILES string of the molecule is c1cc2ccc(-c3ccsc3)nc2cn1. The summed E-state index contributed by atoms with van der Waals surface area (Å²) in [6, 6.07) is 8.18. The van der Waals surface area contributed by atoms with E-state index >= 15 is 0 Å². The molecule has 0 amide bonds. The van der Waals surface area contributed by atoms with Crippen molar-refractivity contribution in [3.05, 3.63) is 47.4 Å². The average Bonchev–Trinajstić information content (AvgIpc) is 2.82. The second-order valence-electron chi connectivity index (χ2n) is 3.28. The van der Waals surface area contributed by atoms with Crippen molar-refractivity contribution >= 4 is 22.2 Å². The summed E-state index contributed by atoms with van der Waals surface area (Å²) in [5.41, 5.74) is 3.13. The number of hydrogen-bond donors (Lipinski definition) is 0. The lowest BCUT2D eigenvalue weighted by Crippen LogP contribution is -1.84. The summed E-state index contributed by atoms with van der Waals surface area (Å²) in [7, 11) is 0. The van der Waals surface area contributed by atoms with Gasteiger partial charge in [0.05, 0.1) is 17.4 Å². The Morgan fingerprint density at radius 3 is 2.93 bits per heavy atom. The first kappa shape index (κ1) is 8.56. The van der Waals surface area contributed by atoms with Gasteiger partial charge in [-0.2, -0.15) is 11.3 Å². The minimum Gasteiger partial charge on any atom is -0.262 e. The van der Waals surface area contributed by atoms with Gasteiger partial charge in [-0.3, -0.25) is 4.98 Å². The van der Waals surface area contributed by atoms with Crippen LogP contribution in [0.3, 0.4) is 0 Å². The lowest BCUT2D eigenvalue weighted by atomic mass is 10.2. The van der Waals surface area contributed by atoms with Crippen LogP contribution in [0.25, 0.3) is 22.2 Å². The Bertz CT molecular complexity index is 587. The van der Waals surface area contributed by atoms with Gasteiger partial charge in [0, 0.05) is 22.5 Å². The van der Waals surface area contributed by atoms with Crippen LogP contribution in [-0.4, -0.2) is 9.97 Å². The summed E-state index contributed by atoms with van der Waals surface area (Å²) in [5, 5.41) is 5.29. The van der Waals surface area contributed by atoms with Crippen molar-refractivity contribution in [1.82, 2.24) is 9.97 Å². The van der Waals surface area contributed by atoms with Gasteiger partial charge >= 0.3 is 0 Å². The molecule has 0 aromatic carbocycles. The van der Waals surface area contributed by atoms with Crippen LogP contribution in [0.5, 0.6) is 0 Å². The van der Waals surface area contributed by atoms with Gasteiger partial charge in [0.1, 0.15) is 0 Å². The molecule has 0 aliphatic carbocycles. The van der Waals surface area contributed by atoms with Crippen LogP contribution in [0.1, 0.15) is 0 Å². The fourth-order valence-electron chi connectivity index (χ4n) is 1.54. The largest absolute Gasteiger partial charge is 0.262 e. The molecule has 0 aliphatic rings. The Morgan fingerprint density at radius 2 is 2.07 bits per heavy atom. The molecular formula is C12H8N2S. The van der Waals surface area contributed by atoms with Gasteiger partial charge < -0.3 is 0 Å². The van der Waals surface area contributed by atoms with Crippen molar-refractivity contribution in [2.75, 3.05) is 0 Å². The van der Waals surface area contributed by atoms with E-state index in [-0.39, 0.29) is 0 Å². The van der Waals surface area contributed by atoms with E-state index in [1.165, 1.54) is 5.56 Å².